The number of rotatable bonds is 4. The van der Waals surface area contributed by atoms with E-state index in [1.54, 1.807) is 10.7 Å². The lowest BCUT2D eigenvalue weighted by Crippen LogP contribution is -2.57. The second kappa shape index (κ2) is 7.79. The van der Waals surface area contributed by atoms with Crippen molar-refractivity contribution in [2.45, 2.75) is 46.4 Å². The summed E-state index contributed by atoms with van der Waals surface area (Å²) in [7, 11) is 0. The van der Waals surface area contributed by atoms with E-state index in [1.807, 2.05) is 52.0 Å². The molecular formula is C19H26N6O2. The van der Waals surface area contributed by atoms with Crippen LogP contribution in [0.1, 0.15) is 37.8 Å². The fraction of sp³-hybridized carbons (Fsp3) is 0.421. The van der Waals surface area contributed by atoms with Crippen molar-refractivity contribution in [2.24, 2.45) is 5.92 Å². The summed E-state index contributed by atoms with van der Waals surface area (Å²) < 4.78 is 1.59. The van der Waals surface area contributed by atoms with E-state index in [1.165, 1.54) is 0 Å². The van der Waals surface area contributed by atoms with Crippen molar-refractivity contribution in [3.8, 4) is 0 Å². The first-order valence-electron chi connectivity index (χ1n) is 9.14. The fourth-order valence-corrected chi connectivity index (χ4v) is 3.27. The summed E-state index contributed by atoms with van der Waals surface area (Å²) in [6, 6.07) is 8.93. The van der Waals surface area contributed by atoms with Gasteiger partial charge in [-0.2, -0.15) is 5.10 Å². The molecule has 0 bridgehead atoms. The number of nitrogens with one attached hydrogen (secondary N) is 4. The van der Waals surface area contributed by atoms with Crippen LogP contribution in [0.3, 0.4) is 0 Å². The quantitative estimate of drug-likeness (QED) is 0.665. The molecule has 0 radical (unpaired) electrons. The zero-order chi connectivity index (χ0) is 19.6. The van der Waals surface area contributed by atoms with E-state index in [4.69, 9.17) is 0 Å². The summed E-state index contributed by atoms with van der Waals surface area (Å²) in [6.45, 7) is 7.79. The van der Waals surface area contributed by atoms with Gasteiger partial charge in [0.2, 0.25) is 5.91 Å². The molecule has 1 aliphatic rings. The van der Waals surface area contributed by atoms with Gasteiger partial charge in [-0.05, 0) is 39.3 Å². The lowest BCUT2D eigenvalue weighted by molar-refractivity contribution is -0.130. The maximum Gasteiger partial charge on any atom is 0.324 e. The van der Waals surface area contributed by atoms with Gasteiger partial charge in [-0.25, -0.2) is 9.48 Å². The van der Waals surface area contributed by atoms with Gasteiger partial charge in [-0.15, -0.1) is 0 Å². The summed E-state index contributed by atoms with van der Waals surface area (Å²) in [4.78, 5) is 24.7. The van der Waals surface area contributed by atoms with Gasteiger partial charge < -0.3 is 10.6 Å². The van der Waals surface area contributed by atoms with E-state index in [0.29, 0.717) is 11.5 Å². The van der Waals surface area contributed by atoms with Crippen LogP contribution in [0.25, 0.3) is 0 Å². The highest BCUT2D eigenvalue weighted by Crippen LogP contribution is 2.21. The van der Waals surface area contributed by atoms with Gasteiger partial charge in [0.15, 0.2) is 6.29 Å². The number of carbonyl (C=O) groups excluding carboxylic acids is 2. The maximum absolute atomic E-state index is 12.4. The van der Waals surface area contributed by atoms with Crippen LogP contribution in [0.2, 0.25) is 0 Å². The molecule has 2 aromatic rings. The lowest BCUT2D eigenvalue weighted by Gasteiger charge is -2.35. The average molecular weight is 370 g/mol. The minimum atomic E-state index is -0.515. The number of urea groups is 1. The predicted octanol–water partition coefficient (Wildman–Crippen LogP) is 2.73. The number of amides is 3. The number of benzene rings is 1. The van der Waals surface area contributed by atoms with Gasteiger partial charge in [0.1, 0.15) is 5.82 Å². The number of nitrogens with zero attached hydrogens (tertiary/aromatic N) is 2. The molecule has 8 nitrogen and oxygen atoms in total. The second-order valence-electron chi connectivity index (χ2n) is 6.94. The summed E-state index contributed by atoms with van der Waals surface area (Å²) in [6.07, 6.45) is 0.244. The molecule has 0 aliphatic carbocycles. The molecule has 3 atom stereocenters. The van der Waals surface area contributed by atoms with Crippen molar-refractivity contribution in [3.05, 3.63) is 41.6 Å². The highest BCUT2D eigenvalue weighted by atomic mass is 16.2. The van der Waals surface area contributed by atoms with Crippen LogP contribution in [-0.4, -0.2) is 27.8 Å². The van der Waals surface area contributed by atoms with Crippen LogP contribution in [-0.2, 0) is 4.79 Å². The number of carbonyl (C=O) groups is 2. The average Bonchev–Trinajstić information content (AvgIpc) is 2.97. The number of aryl methyl sites for hydroxylation is 2. The molecule has 3 amide bonds. The number of aromatic nitrogens is 2. The molecule has 0 saturated carbocycles. The van der Waals surface area contributed by atoms with Gasteiger partial charge in [0.05, 0.1) is 11.6 Å². The van der Waals surface area contributed by atoms with E-state index in [0.717, 1.165) is 17.7 Å². The van der Waals surface area contributed by atoms with E-state index in [2.05, 4.69) is 26.4 Å². The molecule has 27 heavy (non-hydrogen) atoms. The van der Waals surface area contributed by atoms with Crippen LogP contribution in [0.4, 0.5) is 16.3 Å². The molecule has 1 fully saturated rings. The normalized spacial score (nSPS) is 22.2. The molecule has 1 aliphatic heterocycles. The van der Waals surface area contributed by atoms with Gasteiger partial charge in [-0.1, -0.05) is 24.6 Å². The largest absolute Gasteiger partial charge is 0.324 e. The van der Waals surface area contributed by atoms with Gasteiger partial charge in [0.25, 0.3) is 0 Å². The van der Waals surface area contributed by atoms with Crippen molar-refractivity contribution < 1.29 is 9.59 Å². The first-order valence-corrected chi connectivity index (χ1v) is 9.14. The Bertz CT molecular complexity index is 829. The lowest BCUT2D eigenvalue weighted by atomic mass is 9.95. The fourth-order valence-electron chi connectivity index (χ4n) is 3.27. The third-order valence-electron chi connectivity index (χ3n) is 4.73. The van der Waals surface area contributed by atoms with Crippen molar-refractivity contribution in [2.75, 3.05) is 10.6 Å². The molecule has 1 aromatic carbocycles. The molecule has 1 saturated heterocycles. The predicted molar refractivity (Wildman–Crippen MR) is 104 cm³/mol. The van der Waals surface area contributed by atoms with Crippen molar-refractivity contribution in [1.82, 2.24) is 20.4 Å². The summed E-state index contributed by atoms with van der Waals surface area (Å²) in [5.74, 6) is 0.396. The third kappa shape index (κ3) is 4.28. The summed E-state index contributed by atoms with van der Waals surface area (Å²) in [5, 5.41) is 16.3. The Morgan fingerprint density at radius 3 is 2.56 bits per heavy atom. The van der Waals surface area contributed by atoms with Crippen LogP contribution in [0, 0.1) is 19.8 Å². The molecule has 3 unspecified atom stereocenters. The summed E-state index contributed by atoms with van der Waals surface area (Å²) in [5.41, 5.74) is 2.56. The van der Waals surface area contributed by atoms with Crippen molar-refractivity contribution >= 4 is 23.4 Å². The second-order valence-corrected chi connectivity index (χ2v) is 6.94. The Morgan fingerprint density at radius 1 is 1.22 bits per heavy atom. The summed E-state index contributed by atoms with van der Waals surface area (Å²) >= 11 is 0. The Labute approximate surface area is 158 Å². The minimum absolute atomic E-state index is 0.00694. The Morgan fingerprint density at radius 2 is 1.93 bits per heavy atom. The van der Waals surface area contributed by atoms with Gasteiger partial charge in [-0.3, -0.25) is 15.4 Å². The van der Waals surface area contributed by atoms with Crippen LogP contribution >= 0.6 is 0 Å². The molecule has 8 heteroatoms. The number of hydrogen-bond donors (Lipinski definition) is 4. The van der Waals surface area contributed by atoms with E-state index >= 15 is 0 Å². The highest BCUT2D eigenvalue weighted by Gasteiger charge is 2.34. The smallest absolute Gasteiger partial charge is 0.322 e. The highest BCUT2D eigenvalue weighted by molar-refractivity contribution is 5.99. The molecule has 2 heterocycles. The van der Waals surface area contributed by atoms with E-state index in [-0.39, 0.29) is 23.9 Å². The van der Waals surface area contributed by atoms with Gasteiger partial charge in [0, 0.05) is 17.8 Å². The maximum atomic E-state index is 12.4. The third-order valence-corrected chi connectivity index (χ3v) is 4.73. The van der Waals surface area contributed by atoms with Crippen molar-refractivity contribution in [1.29, 1.82) is 0 Å². The standard InChI is InChI=1S/C19H26N6O2/c1-5-15-13(4)20-18(23-17(15)26)25-16(10-12(3)24-25)22-19(27)21-14-8-6-11(2)7-9-14/h6-10,13,15,18,20H,5H2,1-4H3,(H,23,26)(H2,21,22,27). The minimum Gasteiger partial charge on any atom is -0.322 e. The molecule has 1 aromatic heterocycles. The molecular weight excluding hydrogens is 344 g/mol. The molecule has 144 valence electrons. The zero-order valence-electron chi connectivity index (χ0n) is 16.0. The monoisotopic (exact) mass is 370 g/mol. The molecule has 3 rings (SSSR count). The van der Waals surface area contributed by atoms with Crippen LogP contribution in [0.15, 0.2) is 30.3 Å². The van der Waals surface area contributed by atoms with E-state index < -0.39 is 6.29 Å². The van der Waals surface area contributed by atoms with E-state index in [9.17, 15) is 9.59 Å². The zero-order valence-corrected chi connectivity index (χ0v) is 16.0. The number of anilines is 2. The molecule has 4 N–H and O–H groups in total. The Balaban J connectivity index is 1.73. The number of hydrogen-bond acceptors (Lipinski definition) is 4. The van der Waals surface area contributed by atoms with Gasteiger partial charge >= 0.3 is 6.03 Å². The SMILES string of the molecule is CCC1C(=O)NC(n2nc(C)cc2NC(=O)Nc2ccc(C)cc2)NC1C. The molecule has 0 spiro atoms. The first kappa shape index (κ1) is 18.9. The van der Waals surface area contributed by atoms with Crippen LogP contribution < -0.4 is 21.3 Å². The van der Waals surface area contributed by atoms with Crippen molar-refractivity contribution in [3.63, 3.8) is 0 Å². The first-order chi connectivity index (χ1) is 12.9. The topological polar surface area (TPSA) is 100 Å². The Kier molecular flexibility index (Phi) is 5.46. The van der Waals surface area contributed by atoms with Crippen LogP contribution in [0.5, 0.6) is 0 Å². The Hall–Kier alpha value is -2.87.